The van der Waals surface area contributed by atoms with E-state index in [2.05, 4.69) is 16.3 Å². The molecule has 0 aromatic carbocycles. The third-order valence-electron chi connectivity index (χ3n) is 1.49. The van der Waals surface area contributed by atoms with Gasteiger partial charge in [-0.15, -0.1) is 0 Å². The lowest BCUT2D eigenvalue weighted by molar-refractivity contribution is 1.05. The fourth-order valence-electron chi connectivity index (χ4n) is 0.833. The molecule has 1 radical (unpaired) electrons. The van der Waals surface area contributed by atoms with Crippen LogP contribution in [-0.2, 0) is 0 Å². The molecule has 2 rings (SSSR count). The summed E-state index contributed by atoms with van der Waals surface area (Å²) in [5, 5.41) is 0. The fraction of sp³-hybridized carbons (Fsp3) is 0.500. The molecule has 1 aliphatic rings. The molecule has 1 aromatic heterocycles. The molecular weight excluding hydrogens is 100 g/mol. The molecule has 2 heteroatoms. The maximum atomic E-state index is 3.80. The second-order valence-electron chi connectivity index (χ2n) is 2.22. The molecule has 0 unspecified atom stereocenters. The van der Waals surface area contributed by atoms with Crippen molar-refractivity contribution in [3.8, 4) is 0 Å². The number of aromatic amines is 1. The average molecular weight is 107 g/mol. The van der Waals surface area contributed by atoms with E-state index in [0.29, 0.717) is 0 Å². The molecule has 1 aliphatic carbocycles. The lowest BCUT2D eigenvalue weighted by Gasteiger charge is -1.82. The van der Waals surface area contributed by atoms with Crippen molar-refractivity contribution in [2.45, 2.75) is 18.8 Å². The van der Waals surface area contributed by atoms with Crippen LogP contribution in [0.5, 0.6) is 0 Å². The van der Waals surface area contributed by atoms with Crippen molar-refractivity contribution in [3.63, 3.8) is 0 Å². The molecule has 0 bridgehead atoms. The van der Waals surface area contributed by atoms with Crippen molar-refractivity contribution in [3.05, 3.63) is 18.2 Å². The normalized spacial score (nSPS) is 19.0. The van der Waals surface area contributed by atoms with Gasteiger partial charge in [-0.1, -0.05) is 0 Å². The number of rotatable bonds is 1. The van der Waals surface area contributed by atoms with E-state index in [9.17, 15) is 0 Å². The standard InChI is InChI=1S/C6H7N2/c1-2-5(1)6-3-7-4-8-6/h3,5H,1-2H2,(H,7,8). The monoisotopic (exact) mass is 107 g/mol. The summed E-state index contributed by atoms with van der Waals surface area (Å²) in [5.74, 6) is 0.786. The second-order valence-corrected chi connectivity index (χ2v) is 2.22. The molecular formula is C6H7N2. The van der Waals surface area contributed by atoms with Crippen molar-refractivity contribution in [2.24, 2.45) is 0 Å². The van der Waals surface area contributed by atoms with Crippen molar-refractivity contribution >= 4 is 0 Å². The summed E-state index contributed by atoms with van der Waals surface area (Å²) in [6.07, 6.45) is 7.19. The van der Waals surface area contributed by atoms with Gasteiger partial charge in [-0.05, 0) is 12.8 Å². The van der Waals surface area contributed by atoms with E-state index in [-0.39, 0.29) is 0 Å². The van der Waals surface area contributed by atoms with Crippen LogP contribution in [0.4, 0.5) is 0 Å². The van der Waals surface area contributed by atoms with Gasteiger partial charge < -0.3 is 4.98 Å². The summed E-state index contributed by atoms with van der Waals surface area (Å²) < 4.78 is 0. The fourth-order valence-corrected chi connectivity index (χ4v) is 0.833. The summed E-state index contributed by atoms with van der Waals surface area (Å²) in [7, 11) is 0. The minimum atomic E-state index is 0.786. The minimum Gasteiger partial charge on any atom is -0.339 e. The molecule has 1 N–H and O–H groups in total. The van der Waals surface area contributed by atoms with Gasteiger partial charge in [0.1, 0.15) is 0 Å². The topological polar surface area (TPSA) is 28.7 Å². The molecule has 1 saturated carbocycles. The van der Waals surface area contributed by atoms with Crippen molar-refractivity contribution < 1.29 is 0 Å². The van der Waals surface area contributed by atoms with Crippen LogP contribution in [0.1, 0.15) is 24.5 Å². The molecule has 2 nitrogen and oxygen atoms in total. The molecule has 0 amide bonds. The third kappa shape index (κ3) is 0.529. The van der Waals surface area contributed by atoms with Gasteiger partial charge >= 0.3 is 0 Å². The predicted octanol–water partition coefficient (Wildman–Crippen LogP) is 1.09. The Balaban J connectivity index is 2.28. The van der Waals surface area contributed by atoms with Gasteiger partial charge in [-0.3, -0.25) is 0 Å². The zero-order chi connectivity index (χ0) is 5.40. The molecule has 0 atom stereocenters. The predicted molar refractivity (Wildman–Crippen MR) is 29.4 cm³/mol. The van der Waals surface area contributed by atoms with Crippen LogP contribution in [0.2, 0.25) is 0 Å². The smallest absolute Gasteiger partial charge is 0.173 e. The Kier molecular flexibility index (Phi) is 0.692. The maximum Gasteiger partial charge on any atom is 0.173 e. The molecule has 0 aliphatic heterocycles. The van der Waals surface area contributed by atoms with Gasteiger partial charge in [0.2, 0.25) is 0 Å². The summed E-state index contributed by atoms with van der Waals surface area (Å²) in [6.45, 7) is 0. The number of aromatic nitrogens is 2. The Bertz CT molecular complexity index is 163. The molecule has 1 fully saturated rings. The highest BCUT2D eigenvalue weighted by Gasteiger charge is 2.24. The van der Waals surface area contributed by atoms with Crippen LogP contribution >= 0.6 is 0 Å². The van der Waals surface area contributed by atoms with E-state index < -0.39 is 0 Å². The zero-order valence-corrected chi connectivity index (χ0v) is 4.52. The minimum absolute atomic E-state index is 0.786. The molecule has 1 aromatic rings. The first kappa shape index (κ1) is 4.13. The van der Waals surface area contributed by atoms with Crippen LogP contribution in [0, 0.1) is 6.33 Å². The van der Waals surface area contributed by atoms with Gasteiger partial charge in [0.15, 0.2) is 6.33 Å². The maximum absolute atomic E-state index is 3.80. The third-order valence-corrected chi connectivity index (χ3v) is 1.49. The number of hydrogen-bond donors (Lipinski definition) is 1. The van der Waals surface area contributed by atoms with Crippen LogP contribution in [0.25, 0.3) is 0 Å². The van der Waals surface area contributed by atoms with Crippen LogP contribution < -0.4 is 0 Å². The molecule has 0 saturated heterocycles. The summed E-state index contributed by atoms with van der Waals surface area (Å²) in [4.78, 5) is 6.77. The van der Waals surface area contributed by atoms with E-state index in [0.717, 1.165) is 5.92 Å². The highest BCUT2D eigenvalue weighted by Crippen LogP contribution is 2.38. The number of imidazole rings is 1. The van der Waals surface area contributed by atoms with Gasteiger partial charge in [0.05, 0.1) is 0 Å². The number of hydrogen-bond acceptors (Lipinski definition) is 1. The summed E-state index contributed by atoms with van der Waals surface area (Å²) in [5.41, 5.74) is 1.25. The van der Waals surface area contributed by atoms with Gasteiger partial charge in [0, 0.05) is 17.8 Å². The van der Waals surface area contributed by atoms with Crippen LogP contribution in [0.15, 0.2) is 6.20 Å². The lowest BCUT2D eigenvalue weighted by atomic mass is 10.3. The quantitative estimate of drug-likeness (QED) is 0.571. The van der Waals surface area contributed by atoms with Crippen molar-refractivity contribution in [1.82, 2.24) is 9.97 Å². The molecule has 8 heavy (non-hydrogen) atoms. The number of nitrogens with zero attached hydrogens (tertiary/aromatic N) is 1. The van der Waals surface area contributed by atoms with E-state index in [4.69, 9.17) is 0 Å². The first-order valence-electron chi connectivity index (χ1n) is 2.88. The average Bonchev–Trinajstić information content (AvgIpc) is 2.49. The van der Waals surface area contributed by atoms with Crippen LogP contribution in [0.3, 0.4) is 0 Å². The Morgan fingerprint density at radius 2 is 2.62 bits per heavy atom. The van der Waals surface area contributed by atoms with Gasteiger partial charge in [-0.25, -0.2) is 4.98 Å². The molecule has 1 heterocycles. The van der Waals surface area contributed by atoms with E-state index in [1.54, 1.807) is 0 Å². The zero-order valence-electron chi connectivity index (χ0n) is 4.52. The Hall–Kier alpha value is -0.790. The largest absolute Gasteiger partial charge is 0.339 e. The van der Waals surface area contributed by atoms with Crippen molar-refractivity contribution in [1.29, 1.82) is 0 Å². The Morgan fingerprint density at radius 3 is 3.12 bits per heavy atom. The Morgan fingerprint density at radius 1 is 1.75 bits per heavy atom. The molecule has 41 valence electrons. The summed E-state index contributed by atoms with van der Waals surface area (Å²) >= 11 is 0. The second kappa shape index (κ2) is 1.34. The van der Waals surface area contributed by atoms with Gasteiger partial charge in [0.25, 0.3) is 0 Å². The van der Waals surface area contributed by atoms with E-state index >= 15 is 0 Å². The van der Waals surface area contributed by atoms with Crippen LogP contribution in [-0.4, -0.2) is 9.97 Å². The van der Waals surface area contributed by atoms with Crippen molar-refractivity contribution in [2.75, 3.05) is 0 Å². The van der Waals surface area contributed by atoms with Gasteiger partial charge in [-0.2, -0.15) is 0 Å². The summed E-state index contributed by atoms with van der Waals surface area (Å²) in [6, 6.07) is 0. The van der Waals surface area contributed by atoms with E-state index in [1.165, 1.54) is 18.5 Å². The number of H-pyrrole nitrogens is 1. The van der Waals surface area contributed by atoms with E-state index in [1.807, 2.05) is 6.20 Å². The molecule has 0 spiro atoms. The highest BCUT2D eigenvalue weighted by molar-refractivity contribution is 5.09. The SMILES string of the molecule is [c]1ncc(C2CC2)[nH]1. The lowest BCUT2D eigenvalue weighted by Crippen LogP contribution is -1.73. The highest BCUT2D eigenvalue weighted by atomic mass is 14.9. The first-order chi connectivity index (χ1) is 3.97. The Labute approximate surface area is 47.9 Å². The number of nitrogens with one attached hydrogen (secondary N) is 1. The first-order valence-corrected chi connectivity index (χ1v) is 2.88.